The molecule has 1 aliphatic carbocycles. The quantitative estimate of drug-likeness (QED) is 0.787. The van der Waals surface area contributed by atoms with Crippen LogP contribution in [0.3, 0.4) is 0 Å². The second-order valence-electron chi connectivity index (χ2n) is 5.86. The number of benzene rings is 2. The van der Waals surface area contributed by atoms with Crippen LogP contribution < -0.4 is 0 Å². The number of hydrogen-bond donors (Lipinski definition) is 0. The van der Waals surface area contributed by atoms with Gasteiger partial charge in [0.05, 0.1) is 0 Å². The van der Waals surface area contributed by atoms with Gasteiger partial charge in [-0.25, -0.2) is 0 Å². The Labute approximate surface area is 125 Å². The first-order valence-electron chi connectivity index (χ1n) is 7.70. The van der Waals surface area contributed by atoms with Gasteiger partial charge < -0.3 is 0 Å². The van der Waals surface area contributed by atoms with Crippen molar-refractivity contribution in [2.45, 2.75) is 38.0 Å². The molecule has 0 aliphatic heterocycles. The smallest absolute Gasteiger partial charge is 0.214 e. The first kappa shape index (κ1) is 14.0. The average molecular weight is 279 g/mol. The van der Waals surface area contributed by atoms with E-state index in [-0.39, 0.29) is 11.7 Å². The standard InChI is InChI=1S/C19H19O2/c20-13-18(19(21)15-8-2-1-3-9-15)17-12-6-10-14-7-4-5-11-16(14)17/h4-7,10-12,15,18H,1-3,8-9H2. The SMILES string of the molecule is O=[C]C(C(=O)C1CCCCC1)c1cccc2ccccc12. The number of Topliss-reactive ketones (excluding diaryl/α,β-unsaturated/α-hetero) is 1. The molecule has 21 heavy (non-hydrogen) atoms. The van der Waals surface area contributed by atoms with E-state index in [0.29, 0.717) is 0 Å². The maximum atomic E-state index is 12.7. The minimum Gasteiger partial charge on any atom is -0.298 e. The third kappa shape index (κ3) is 2.76. The van der Waals surface area contributed by atoms with Gasteiger partial charge in [-0.3, -0.25) is 9.59 Å². The molecule has 0 saturated heterocycles. The first-order valence-corrected chi connectivity index (χ1v) is 7.70. The topological polar surface area (TPSA) is 34.1 Å². The molecule has 1 aliphatic rings. The molecule has 0 amide bonds. The van der Waals surface area contributed by atoms with Gasteiger partial charge in [-0.2, -0.15) is 0 Å². The van der Waals surface area contributed by atoms with Crippen molar-refractivity contribution in [1.82, 2.24) is 0 Å². The van der Waals surface area contributed by atoms with Crippen molar-refractivity contribution >= 4 is 22.8 Å². The molecule has 0 aromatic heterocycles. The molecule has 0 heterocycles. The van der Waals surface area contributed by atoms with Crippen LogP contribution in [0, 0.1) is 5.92 Å². The third-order valence-electron chi connectivity index (χ3n) is 4.54. The number of ketones is 1. The van der Waals surface area contributed by atoms with E-state index in [2.05, 4.69) is 0 Å². The van der Waals surface area contributed by atoms with E-state index in [1.165, 1.54) is 6.42 Å². The average Bonchev–Trinajstić information content (AvgIpc) is 2.56. The molecule has 1 radical (unpaired) electrons. The van der Waals surface area contributed by atoms with E-state index in [9.17, 15) is 9.59 Å². The molecular formula is C19H19O2. The summed E-state index contributed by atoms with van der Waals surface area (Å²) in [7, 11) is 0. The Morgan fingerprint density at radius 1 is 1.00 bits per heavy atom. The molecule has 2 aromatic carbocycles. The van der Waals surface area contributed by atoms with Crippen molar-refractivity contribution in [1.29, 1.82) is 0 Å². The predicted octanol–water partition coefficient (Wildman–Crippen LogP) is 4.18. The maximum Gasteiger partial charge on any atom is 0.214 e. The van der Waals surface area contributed by atoms with Crippen LogP contribution in [0.5, 0.6) is 0 Å². The van der Waals surface area contributed by atoms with Crippen molar-refractivity contribution in [3.05, 3.63) is 48.0 Å². The molecule has 0 bridgehead atoms. The van der Waals surface area contributed by atoms with Crippen molar-refractivity contribution in [2.24, 2.45) is 5.92 Å². The molecule has 0 spiro atoms. The summed E-state index contributed by atoms with van der Waals surface area (Å²) in [5, 5.41) is 2.05. The molecule has 107 valence electrons. The Hall–Kier alpha value is -1.96. The van der Waals surface area contributed by atoms with Crippen LogP contribution in [0.15, 0.2) is 42.5 Å². The summed E-state index contributed by atoms with van der Waals surface area (Å²) in [5.74, 6) is -0.649. The van der Waals surface area contributed by atoms with Crippen LogP contribution in [0.25, 0.3) is 10.8 Å². The molecule has 0 N–H and O–H groups in total. The summed E-state index contributed by atoms with van der Waals surface area (Å²) in [6.07, 6.45) is 7.24. The van der Waals surface area contributed by atoms with Crippen molar-refractivity contribution < 1.29 is 9.59 Å². The van der Waals surface area contributed by atoms with Crippen molar-refractivity contribution in [3.63, 3.8) is 0 Å². The molecule has 1 saturated carbocycles. The van der Waals surface area contributed by atoms with Crippen molar-refractivity contribution in [2.75, 3.05) is 0 Å². The molecular weight excluding hydrogens is 260 g/mol. The Bertz CT molecular complexity index is 648. The summed E-state index contributed by atoms with van der Waals surface area (Å²) < 4.78 is 0. The third-order valence-corrected chi connectivity index (χ3v) is 4.54. The highest BCUT2D eigenvalue weighted by molar-refractivity contribution is 6.04. The van der Waals surface area contributed by atoms with Gasteiger partial charge in [-0.1, -0.05) is 61.7 Å². The van der Waals surface area contributed by atoms with Gasteiger partial charge in [-0.15, -0.1) is 0 Å². The Kier molecular flexibility index (Phi) is 4.14. The van der Waals surface area contributed by atoms with E-state index < -0.39 is 5.92 Å². The lowest BCUT2D eigenvalue weighted by Gasteiger charge is -2.23. The maximum absolute atomic E-state index is 12.7. The van der Waals surface area contributed by atoms with Crippen LogP contribution in [0.1, 0.15) is 43.6 Å². The molecule has 3 rings (SSSR count). The van der Waals surface area contributed by atoms with E-state index in [1.54, 1.807) is 0 Å². The van der Waals surface area contributed by atoms with Gasteiger partial charge in [0.15, 0.2) is 5.78 Å². The van der Waals surface area contributed by atoms with Gasteiger partial charge in [0.25, 0.3) is 0 Å². The second kappa shape index (κ2) is 6.21. The van der Waals surface area contributed by atoms with Gasteiger partial charge in [0, 0.05) is 5.92 Å². The molecule has 1 unspecified atom stereocenters. The molecule has 1 fully saturated rings. The lowest BCUT2D eigenvalue weighted by molar-refractivity contribution is -0.123. The Balaban J connectivity index is 1.98. The zero-order chi connectivity index (χ0) is 14.7. The molecule has 2 nitrogen and oxygen atoms in total. The van der Waals surface area contributed by atoms with Gasteiger partial charge >= 0.3 is 0 Å². The highest BCUT2D eigenvalue weighted by atomic mass is 16.1. The monoisotopic (exact) mass is 279 g/mol. The van der Waals surface area contributed by atoms with Gasteiger partial charge in [0.1, 0.15) is 5.92 Å². The van der Waals surface area contributed by atoms with E-state index >= 15 is 0 Å². The number of carbonyl (C=O) groups is 1. The summed E-state index contributed by atoms with van der Waals surface area (Å²) >= 11 is 0. The normalized spacial score (nSPS) is 17.5. The zero-order valence-electron chi connectivity index (χ0n) is 12.0. The number of hydrogen-bond acceptors (Lipinski definition) is 2. The Morgan fingerprint density at radius 2 is 1.71 bits per heavy atom. The van der Waals surface area contributed by atoms with Crippen LogP contribution >= 0.6 is 0 Å². The van der Waals surface area contributed by atoms with Crippen LogP contribution in [-0.4, -0.2) is 12.1 Å². The lowest BCUT2D eigenvalue weighted by Crippen LogP contribution is -2.25. The van der Waals surface area contributed by atoms with Gasteiger partial charge in [0.2, 0.25) is 6.29 Å². The molecule has 2 aromatic rings. The van der Waals surface area contributed by atoms with Crippen molar-refractivity contribution in [3.8, 4) is 0 Å². The Morgan fingerprint density at radius 3 is 2.48 bits per heavy atom. The highest BCUT2D eigenvalue weighted by Gasteiger charge is 2.30. The predicted molar refractivity (Wildman–Crippen MR) is 84.0 cm³/mol. The summed E-state index contributed by atoms with van der Waals surface area (Å²) in [6.45, 7) is 0. The minimum absolute atomic E-state index is 0.0316. The number of fused-ring (bicyclic) bond motifs is 1. The zero-order valence-corrected chi connectivity index (χ0v) is 12.0. The summed E-state index contributed by atoms with van der Waals surface area (Å²) in [6, 6.07) is 13.7. The van der Waals surface area contributed by atoms with E-state index in [4.69, 9.17) is 0 Å². The second-order valence-corrected chi connectivity index (χ2v) is 5.86. The fraction of sp³-hybridized carbons (Fsp3) is 0.368. The fourth-order valence-electron chi connectivity index (χ4n) is 3.40. The minimum atomic E-state index is -0.737. The highest BCUT2D eigenvalue weighted by Crippen LogP contribution is 2.32. The van der Waals surface area contributed by atoms with Crippen LogP contribution in [-0.2, 0) is 9.59 Å². The van der Waals surface area contributed by atoms with E-state index in [1.807, 2.05) is 48.8 Å². The van der Waals surface area contributed by atoms with Crippen LogP contribution in [0.2, 0.25) is 0 Å². The number of rotatable bonds is 4. The summed E-state index contributed by atoms with van der Waals surface area (Å²) in [4.78, 5) is 24.2. The number of carbonyl (C=O) groups excluding carboxylic acids is 2. The van der Waals surface area contributed by atoms with Crippen LogP contribution in [0.4, 0.5) is 0 Å². The molecule has 2 heteroatoms. The first-order chi connectivity index (χ1) is 10.3. The fourth-order valence-corrected chi connectivity index (χ4v) is 3.40. The summed E-state index contributed by atoms with van der Waals surface area (Å²) in [5.41, 5.74) is 0.804. The largest absolute Gasteiger partial charge is 0.298 e. The molecule has 1 atom stereocenters. The van der Waals surface area contributed by atoms with E-state index in [0.717, 1.165) is 42.0 Å². The lowest BCUT2D eigenvalue weighted by atomic mass is 9.79. The van der Waals surface area contributed by atoms with Gasteiger partial charge in [-0.05, 0) is 29.2 Å².